The second-order valence-electron chi connectivity index (χ2n) is 6.34. The number of aliphatic hydroxyl groups is 1. The molecule has 20 heavy (non-hydrogen) atoms. The molecule has 1 aromatic rings. The lowest BCUT2D eigenvalue weighted by Gasteiger charge is -2.48. The van der Waals surface area contributed by atoms with Crippen LogP contribution in [0.15, 0.2) is 17.3 Å². The molecule has 1 unspecified atom stereocenters. The van der Waals surface area contributed by atoms with Crippen molar-refractivity contribution in [2.24, 2.45) is 5.18 Å². The number of aliphatic hydroxyl groups excluding tert-OH is 1. The Morgan fingerprint density at radius 3 is 2.70 bits per heavy atom. The molecular weight excluding hydrogens is 252 g/mol. The molecule has 1 aliphatic heterocycles. The van der Waals surface area contributed by atoms with Gasteiger partial charge in [-0.25, -0.2) is 0 Å². The smallest absolute Gasteiger partial charge is 0.111 e. The number of hydrogen-bond donors (Lipinski definition) is 1. The van der Waals surface area contributed by atoms with E-state index in [4.69, 9.17) is 0 Å². The SMILES string of the molecule is CCCN1c2cc(C)c(N=O)cc2C(CO)CC1(C)C. The molecule has 1 atom stereocenters. The Balaban J connectivity index is 2.60. The van der Waals surface area contributed by atoms with Crippen LogP contribution in [0.5, 0.6) is 0 Å². The standard InChI is InChI=1S/C16H24N2O2/c1-5-6-18-15-7-11(2)14(17-20)8-13(15)12(10-19)9-16(18,3)4/h7-8,12,19H,5-6,9-10H2,1-4H3. The van der Waals surface area contributed by atoms with Crippen molar-refractivity contribution in [2.45, 2.75) is 52.0 Å². The summed E-state index contributed by atoms with van der Waals surface area (Å²) < 4.78 is 0. The Labute approximate surface area is 120 Å². The van der Waals surface area contributed by atoms with E-state index in [0.29, 0.717) is 5.69 Å². The third-order valence-electron chi connectivity index (χ3n) is 4.32. The first kappa shape index (κ1) is 15.0. The third kappa shape index (κ3) is 2.44. The molecule has 2 rings (SSSR count). The number of nitroso groups, excluding NO2 is 1. The first-order chi connectivity index (χ1) is 9.44. The predicted octanol–water partition coefficient (Wildman–Crippen LogP) is 3.87. The number of benzene rings is 1. The van der Waals surface area contributed by atoms with Gasteiger partial charge in [-0.2, -0.15) is 0 Å². The highest BCUT2D eigenvalue weighted by Gasteiger charge is 2.37. The molecule has 0 fully saturated rings. The van der Waals surface area contributed by atoms with Gasteiger partial charge in [-0.05, 0) is 62.0 Å². The van der Waals surface area contributed by atoms with Gasteiger partial charge in [-0.1, -0.05) is 6.92 Å². The van der Waals surface area contributed by atoms with Crippen molar-refractivity contribution in [3.8, 4) is 0 Å². The minimum Gasteiger partial charge on any atom is -0.396 e. The summed E-state index contributed by atoms with van der Waals surface area (Å²) in [5, 5.41) is 12.8. The topological polar surface area (TPSA) is 52.9 Å². The van der Waals surface area contributed by atoms with Crippen LogP contribution < -0.4 is 4.90 Å². The van der Waals surface area contributed by atoms with Gasteiger partial charge in [0.05, 0.1) is 6.61 Å². The average Bonchev–Trinajstić information content (AvgIpc) is 2.41. The van der Waals surface area contributed by atoms with Crippen LogP contribution in [-0.4, -0.2) is 23.8 Å². The number of hydrogen-bond acceptors (Lipinski definition) is 4. The lowest BCUT2D eigenvalue weighted by atomic mass is 9.78. The maximum absolute atomic E-state index is 10.9. The molecule has 0 aliphatic carbocycles. The zero-order chi connectivity index (χ0) is 14.9. The summed E-state index contributed by atoms with van der Waals surface area (Å²) in [5.74, 6) is 0.0780. The fourth-order valence-electron chi connectivity index (χ4n) is 3.32. The molecule has 4 nitrogen and oxygen atoms in total. The molecule has 0 saturated heterocycles. The molecule has 0 aromatic heterocycles. The van der Waals surface area contributed by atoms with E-state index in [9.17, 15) is 10.0 Å². The van der Waals surface area contributed by atoms with Gasteiger partial charge in [0.1, 0.15) is 5.69 Å². The molecule has 1 aliphatic rings. The molecule has 110 valence electrons. The molecule has 1 N–H and O–H groups in total. The third-order valence-corrected chi connectivity index (χ3v) is 4.32. The van der Waals surface area contributed by atoms with Crippen molar-refractivity contribution in [1.82, 2.24) is 0 Å². The van der Waals surface area contributed by atoms with Crippen LogP contribution in [0, 0.1) is 11.8 Å². The van der Waals surface area contributed by atoms with Gasteiger partial charge in [0, 0.05) is 23.7 Å². The maximum atomic E-state index is 10.9. The Morgan fingerprint density at radius 1 is 1.45 bits per heavy atom. The van der Waals surface area contributed by atoms with Crippen LogP contribution in [0.25, 0.3) is 0 Å². The first-order valence-electron chi connectivity index (χ1n) is 7.31. The minimum absolute atomic E-state index is 0.0129. The van der Waals surface area contributed by atoms with Crippen molar-refractivity contribution >= 4 is 11.4 Å². The number of fused-ring (bicyclic) bond motifs is 1. The number of anilines is 1. The van der Waals surface area contributed by atoms with Crippen LogP contribution in [0.4, 0.5) is 11.4 Å². The molecule has 1 aromatic carbocycles. The van der Waals surface area contributed by atoms with Crippen molar-refractivity contribution in [3.05, 3.63) is 28.2 Å². The highest BCUT2D eigenvalue weighted by atomic mass is 16.3. The van der Waals surface area contributed by atoms with E-state index in [1.54, 1.807) is 0 Å². The van der Waals surface area contributed by atoms with E-state index in [-0.39, 0.29) is 18.1 Å². The van der Waals surface area contributed by atoms with Crippen LogP contribution in [0.3, 0.4) is 0 Å². The Morgan fingerprint density at radius 2 is 2.15 bits per heavy atom. The molecule has 0 bridgehead atoms. The Kier molecular flexibility index (Phi) is 4.14. The van der Waals surface area contributed by atoms with Crippen molar-refractivity contribution < 1.29 is 5.11 Å². The number of rotatable bonds is 4. The van der Waals surface area contributed by atoms with Gasteiger partial charge in [0.25, 0.3) is 0 Å². The molecule has 0 amide bonds. The second kappa shape index (κ2) is 5.52. The van der Waals surface area contributed by atoms with Gasteiger partial charge in [0.15, 0.2) is 0 Å². The summed E-state index contributed by atoms with van der Waals surface area (Å²) in [4.78, 5) is 13.3. The Bertz CT molecular complexity index is 511. The number of nitrogens with zero attached hydrogens (tertiary/aromatic N) is 2. The lowest BCUT2D eigenvalue weighted by Crippen LogP contribution is -2.49. The summed E-state index contributed by atoms with van der Waals surface area (Å²) in [6.07, 6.45) is 1.96. The first-order valence-corrected chi connectivity index (χ1v) is 7.31. The highest BCUT2D eigenvalue weighted by molar-refractivity contribution is 5.67. The van der Waals surface area contributed by atoms with E-state index >= 15 is 0 Å². The van der Waals surface area contributed by atoms with Crippen LogP contribution >= 0.6 is 0 Å². The summed E-state index contributed by atoms with van der Waals surface area (Å²) in [6, 6.07) is 3.90. The largest absolute Gasteiger partial charge is 0.396 e. The maximum Gasteiger partial charge on any atom is 0.111 e. The molecular formula is C16H24N2O2. The molecule has 4 heteroatoms. The zero-order valence-corrected chi connectivity index (χ0v) is 12.8. The predicted molar refractivity (Wildman–Crippen MR) is 82.8 cm³/mol. The van der Waals surface area contributed by atoms with Gasteiger partial charge in [0.2, 0.25) is 0 Å². The lowest BCUT2D eigenvalue weighted by molar-refractivity contribution is 0.229. The fourth-order valence-corrected chi connectivity index (χ4v) is 3.32. The van der Waals surface area contributed by atoms with Crippen LogP contribution in [0.1, 0.15) is 50.7 Å². The van der Waals surface area contributed by atoms with E-state index in [1.807, 2.05) is 19.1 Å². The minimum atomic E-state index is 0.0129. The van der Waals surface area contributed by atoms with Gasteiger partial charge in [-0.15, -0.1) is 4.91 Å². The monoisotopic (exact) mass is 276 g/mol. The number of aryl methyl sites for hydroxylation is 1. The average molecular weight is 276 g/mol. The van der Waals surface area contributed by atoms with Crippen LogP contribution in [-0.2, 0) is 0 Å². The fraction of sp³-hybridized carbons (Fsp3) is 0.625. The summed E-state index contributed by atoms with van der Waals surface area (Å²) >= 11 is 0. The zero-order valence-electron chi connectivity index (χ0n) is 12.8. The summed E-state index contributed by atoms with van der Waals surface area (Å²) in [5.41, 5.74) is 3.60. The summed E-state index contributed by atoms with van der Waals surface area (Å²) in [7, 11) is 0. The van der Waals surface area contributed by atoms with Crippen LogP contribution in [0.2, 0.25) is 0 Å². The van der Waals surface area contributed by atoms with Gasteiger partial charge >= 0.3 is 0 Å². The van der Waals surface area contributed by atoms with E-state index in [2.05, 4.69) is 30.8 Å². The van der Waals surface area contributed by atoms with E-state index in [0.717, 1.165) is 36.2 Å². The molecule has 0 radical (unpaired) electrons. The highest BCUT2D eigenvalue weighted by Crippen LogP contribution is 2.45. The van der Waals surface area contributed by atoms with E-state index in [1.165, 1.54) is 0 Å². The van der Waals surface area contributed by atoms with Crippen molar-refractivity contribution in [3.63, 3.8) is 0 Å². The van der Waals surface area contributed by atoms with Crippen molar-refractivity contribution in [2.75, 3.05) is 18.1 Å². The van der Waals surface area contributed by atoms with Gasteiger partial charge in [-0.3, -0.25) is 0 Å². The second-order valence-corrected chi connectivity index (χ2v) is 6.34. The van der Waals surface area contributed by atoms with E-state index < -0.39 is 0 Å². The van der Waals surface area contributed by atoms with Crippen molar-refractivity contribution in [1.29, 1.82) is 0 Å². The molecule has 1 heterocycles. The quantitative estimate of drug-likeness (QED) is 0.849. The Hall–Kier alpha value is -1.42. The molecule has 0 saturated carbocycles. The molecule has 0 spiro atoms. The normalized spacial score (nSPS) is 20.6. The van der Waals surface area contributed by atoms with Gasteiger partial charge < -0.3 is 10.0 Å². The summed E-state index contributed by atoms with van der Waals surface area (Å²) in [6.45, 7) is 9.60.